The van der Waals surface area contributed by atoms with Crippen LogP contribution in [0.3, 0.4) is 0 Å². The van der Waals surface area contributed by atoms with Gasteiger partial charge in [-0.2, -0.15) is 0 Å². The maximum absolute atomic E-state index is 9.12. The molecule has 2 aromatic rings. The Bertz CT molecular complexity index is 607. The molecule has 3 heteroatoms. The first kappa shape index (κ1) is 15.8. The third-order valence-electron chi connectivity index (χ3n) is 3.92. The molecular formula is C18H25NO2. The lowest BCUT2D eigenvalue weighted by atomic mass is 9.96. The minimum Gasteiger partial charge on any atom is -0.497 e. The molecule has 21 heavy (non-hydrogen) atoms. The van der Waals surface area contributed by atoms with Gasteiger partial charge in [0.25, 0.3) is 0 Å². The molecule has 2 rings (SSSR count). The van der Waals surface area contributed by atoms with Crippen molar-refractivity contribution in [3.8, 4) is 5.75 Å². The largest absolute Gasteiger partial charge is 0.497 e. The van der Waals surface area contributed by atoms with Crippen molar-refractivity contribution in [1.82, 2.24) is 5.32 Å². The van der Waals surface area contributed by atoms with Crippen LogP contribution in [0.4, 0.5) is 0 Å². The molecule has 2 aromatic carbocycles. The lowest BCUT2D eigenvalue weighted by Crippen LogP contribution is -2.41. The number of rotatable bonds is 6. The molecule has 114 valence electrons. The Morgan fingerprint density at radius 3 is 2.48 bits per heavy atom. The highest BCUT2D eigenvalue weighted by molar-refractivity contribution is 5.84. The molecule has 0 saturated heterocycles. The minimum atomic E-state index is -0.0803. The molecule has 0 amide bonds. The number of fused-ring (bicyclic) bond motifs is 1. The van der Waals surface area contributed by atoms with Gasteiger partial charge in [-0.05, 0) is 61.7 Å². The van der Waals surface area contributed by atoms with E-state index in [0.29, 0.717) is 0 Å². The Morgan fingerprint density at radius 1 is 1.14 bits per heavy atom. The SMILES string of the molecule is COc1ccc2cc(C(C)NC(C)(C)CCO)ccc2c1. The van der Waals surface area contributed by atoms with Crippen molar-refractivity contribution in [1.29, 1.82) is 0 Å². The van der Waals surface area contributed by atoms with Crippen LogP contribution >= 0.6 is 0 Å². The molecule has 0 heterocycles. The van der Waals surface area contributed by atoms with E-state index in [1.54, 1.807) is 7.11 Å². The van der Waals surface area contributed by atoms with E-state index in [9.17, 15) is 0 Å². The first-order valence-electron chi connectivity index (χ1n) is 7.41. The van der Waals surface area contributed by atoms with Gasteiger partial charge in [-0.25, -0.2) is 0 Å². The van der Waals surface area contributed by atoms with Gasteiger partial charge in [0.05, 0.1) is 7.11 Å². The number of methoxy groups -OCH3 is 1. The highest BCUT2D eigenvalue weighted by Crippen LogP contribution is 2.25. The average Bonchev–Trinajstić information content (AvgIpc) is 2.45. The number of aliphatic hydroxyl groups excluding tert-OH is 1. The zero-order valence-electron chi connectivity index (χ0n) is 13.3. The van der Waals surface area contributed by atoms with Crippen LogP contribution in [0.25, 0.3) is 10.8 Å². The molecule has 0 fully saturated rings. The quantitative estimate of drug-likeness (QED) is 0.852. The van der Waals surface area contributed by atoms with E-state index in [2.05, 4.69) is 50.4 Å². The van der Waals surface area contributed by atoms with E-state index >= 15 is 0 Å². The predicted molar refractivity (Wildman–Crippen MR) is 87.8 cm³/mol. The minimum absolute atomic E-state index is 0.0803. The van der Waals surface area contributed by atoms with E-state index < -0.39 is 0 Å². The van der Waals surface area contributed by atoms with Crippen molar-refractivity contribution in [2.45, 2.75) is 38.8 Å². The van der Waals surface area contributed by atoms with Gasteiger partial charge in [-0.3, -0.25) is 0 Å². The lowest BCUT2D eigenvalue weighted by molar-refractivity contribution is 0.221. The molecule has 0 radical (unpaired) electrons. The normalized spacial score (nSPS) is 13.4. The van der Waals surface area contributed by atoms with Crippen molar-refractivity contribution in [3.05, 3.63) is 42.0 Å². The average molecular weight is 287 g/mol. The molecule has 2 N–H and O–H groups in total. The predicted octanol–water partition coefficient (Wildman–Crippen LogP) is 3.66. The number of benzene rings is 2. The zero-order valence-corrected chi connectivity index (χ0v) is 13.3. The molecule has 0 aliphatic carbocycles. The Morgan fingerprint density at radius 2 is 1.81 bits per heavy atom. The fourth-order valence-electron chi connectivity index (χ4n) is 2.66. The summed E-state index contributed by atoms with van der Waals surface area (Å²) in [6, 6.07) is 12.8. The van der Waals surface area contributed by atoms with E-state index in [1.165, 1.54) is 16.3 Å². The van der Waals surface area contributed by atoms with Crippen LogP contribution in [0.2, 0.25) is 0 Å². The summed E-state index contributed by atoms with van der Waals surface area (Å²) >= 11 is 0. The lowest BCUT2D eigenvalue weighted by Gasteiger charge is -2.30. The Kier molecular flexibility index (Phi) is 4.86. The van der Waals surface area contributed by atoms with Gasteiger partial charge in [-0.15, -0.1) is 0 Å². The van der Waals surface area contributed by atoms with Crippen LogP contribution in [-0.2, 0) is 0 Å². The number of nitrogens with one attached hydrogen (secondary N) is 1. The molecule has 0 aliphatic heterocycles. The highest BCUT2D eigenvalue weighted by atomic mass is 16.5. The van der Waals surface area contributed by atoms with Crippen molar-refractivity contribution in [3.63, 3.8) is 0 Å². The molecule has 0 bridgehead atoms. The van der Waals surface area contributed by atoms with Crippen molar-refractivity contribution >= 4 is 10.8 Å². The second-order valence-electron chi connectivity index (χ2n) is 6.20. The van der Waals surface area contributed by atoms with Crippen LogP contribution < -0.4 is 10.1 Å². The third-order valence-corrected chi connectivity index (χ3v) is 3.92. The summed E-state index contributed by atoms with van der Waals surface area (Å²) in [6.07, 6.45) is 0.738. The van der Waals surface area contributed by atoms with E-state index in [0.717, 1.165) is 12.2 Å². The molecule has 0 aromatic heterocycles. The summed E-state index contributed by atoms with van der Waals surface area (Å²) in [5.74, 6) is 0.880. The van der Waals surface area contributed by atoms with Gasteiger partial charge in [0.2, 0.25) is 0 Å². The van der Waals surface area contributed by atoms with Crippen molar-refractivity contribution in [2.24, 2.45) is 0 Å². The zero-order chi connectivity index (χ0) is 15.5. The Balaban J connectivity index is 2.22. The number of ether oxygens (including phenoxy) is 1. The van der Waals surface area contributed by atoms with Crippen LogP contribution in [0.1, 0.15) is 38.8 Å². The van der Waals surface area contributed by atoms with E-state index in [-0.39, 0.29) is 18.2 Å². The van der Waals surface area contributed by atoms with E-state index in [4.69, 9.17) is 9.84 Å². The summed E-state index contributed by atoms with van der Waals surface area (Å²) in [5.41, 5.74) is 1.17. The monoisotopic (exact) mass is 287 g/mol. The van der Waals surface area contributed by atoms with Gasteiger partial charge in [0.1, 0.15) is 5.75 Å². The fraction of sp³-hybridized carbons (Fsp3) is 0.444. The topological polar surface area (TPSA) is 41.5 Å². The maximum atomic E-state index is 9.12. The summed E-state index contributed by atoms with van der Waals surface area (Å²) in [6.45, 7) is 6.59. The summed E-state index contributed by atoms with van der Waals surface area (Å²) in [4.78, 5) is 0. The van der Waals surface area contributed by atoms with Crippen molar-refractivity contribution < 1.29 is 9.84 Å². The number of hydrogen-bond acceptors (Lipinski definition) is 3. The number of aliphatic hydroxyl groups is 1. The van der Waals surface area contributed by atoms with Crippen molar-refractivity contribution in [2.75, 3.05) is 13.7 Å². The summed E-state index contributed by atoms with van der Waals surface area (Å²) < 4.78 is 5.26. The van der Waals surface area contributed by atoms with Crippen LogP contribution in [0.5, 0.6) is 5.75 Å². The van der Waals surface area contributed by atoms with Gasteiger partial charge >= 0.3 is 0 Å². The summed E-state index contributed by atoms with van der Waals surface area (Å²) in [5, 5.41) is 15.1. The first-order valence-corrected chi connectivity index (χ1v) is 7.41. The number of hydrogen-bond donors (Lipinski definition) is 2. The fourth-order valence-corrected chi connectivity index (χ4v) is 2.66. The molecule has 0 saturated carbocycles. The molecule has 1 atom stereocenters. The molecular weight excluding hydrogens is 262 g/mol. The molecule has 0 aliphatic rings. The van der Waals surface area contributed by atoms with Crippen LogP contribution in [-0.4, -0.2) is 24.4 Å². The van der Waals surface area contributed by atoms with Crippen LogP contribution in [0.15, 0.2) is 36.4 Å². The Hall–Kier alpha value is -1.58. The van der Waals surface area contributed by atoms with Gasteiger partial charge in [-0.1, -0.05) is 18.2 Å². The van der Waals surface area contributed by atoms with Gasteiger partial charge < -0.3 is 15.2 Å². The standard InChI is InChI=1S/C18H25NO2/c1-13(19-18(2,3)9-10-20)14-5-6-16-12-17(21-4)8-7-15(16)11-14/h5-8,11-13,19-20H,9-10H2,1-4H3. The first-order chi connectivity index (χ1) is 9.95. The highest BCUT2D eigenvalue weighted by Gasteiger charge is 2.20. The van der Waals surface area contributed by atoms with Gasteiger partial charge in [0.15, 0.2) is 0 Å². The smallest absolute Gasteiger partial charge is 0.119 e. The molecule has 3 nitrogen and oxygen atoms in total. The van der Waals surface area contributed by atoms with Gasteiger partial charge in [0, 0.05) is 18.2 Å². The van der Waals surface area contributed by atoms with E-state index in [1.807, 2.05) is 12.1 Å². The second kappa shape index (κ2) is 6.46. The molecule has 0 spiro atoms. The summed E-state index contributed by atoms with van der Waals surface area (Å²) in [7, 11) is 1.69. The Labute approximate surface area is 126 Å². The molecule has 1 unspecified atom stereocenters. The third kappa shape index (κ3) is 3.96. The second-order valence-corrected chi connectivity index (χ2v) is 6.20. The maximum Gasteiger partial charge on any atom is 0.119 e. The van der Waals surface area contributed by atoms with Crippen LogP contribution in [0, 0.1) is 0 Å².